The summed E-state index contributed by atoms with van der Waals surface area (Å²) < 4.78 is 6.89. The maximum atomic E-state index is 14.7. The first kappa shape index (κ1) is 30.3. The molecule has 3 amide bonds. The zero-order chi connectivity index (χ0) is 29.4. The van der Waals surface area contributed by atoms with Gasteiger partial charge in [0.05, 0.1) is 40.8 Å². The van der Waals surface area contributed by atoms with E-state index in [9.17, 15) is 19.5 Å². The molecule has 8 nitrogen and oxygen atoms in total. The highest BCUT2D eigenvalue weighted by atomic mass is 35.5. The molecule has 4 rings (SSSR count). The molecule has 0 aliphatic carbocycles. The molecule has 1 aromatic carbocycles. The summed E-state index contributed by atoms with van der Waals surface area (Å²) in [6.07, 6.45) is 5.65. The maximum absolute atomic E-state index is 14.7. The zero-order valence-corrected chi connectivity index (χ0v) is 24.8. The van der Waals surface area contributed by atoms with Crippen molar-refractivity contribution >= 4 is 35.0 Å². The molecule has 1 spiro atoms. The molecule has 2 bridgehead atoms. The van der Waals surface area contributed by atoms with Crippen molar-refractivity contribution in [2.45, 2.75) is 76.7 Å². The Hall–Kier alpha value is -2.68. The monoisotopic (exact) mass is 571 g/mol. The largest absolute Gasteiger partial charge is 0.394 e. The Labute approximate surface area is 242 Å². The normalized spacial score (nSPS) is 29.3. The number of rotatable bonds is 12. The summed E-state index contributed by atoms with van der Waals surface area (Å²) in [6.45, 7) is 16.0. The smallest absolute Gasteiger partial charge is 0.253 e. The molecule has 3 heterocycles. The Bertz CT molecular complexity index is 1170. The lowest BCUT2D eigenvalue weighted by molar-refractivity contribution is -0.153. The third kappa shape index (κ3) is 4.48. The first-order chi connectivity index (χ1) is 19.1. The summed E-state index contributed by atoms with van der Waals surface area (Å²) in [5.74, 6) is -2.38. The van der Waals surface area contributed by atoms with Gasteiger partial charge in [-0.2, -0.15) is 0 Å². The van der Waals surface area contributed by atoms with Crippen LogP contribution in [0.2, 0.25) is 5.02 Å². The van der Waals surface area contributed by atoms with Crippen LogP contribution < -0.4 is 4.90 Å². The summed E-state index contributed by atoms with van der Waals surface area (Å²) in [4.78, 5) is 48.0. The van der Waals surface area contributed by atoms with Gasteiger partial charge in [-0.15, -0.1) is 13.2 Å². The molecule has 6 atom stereocenters. The third-order valence-corrected chi connectivity index (χ3v) is 9.35. The number of aliphatic hydroxyl groups is 1. The Kier molecular flexibility index (Phi) is 8.83. The highest BCUT2D eigenvalue weighted by Gasteiger charge is 2.79. The number of fused-ring (bicyclic) bond motifs is 1. The van der Waals surface area contributed by atoms with Gasteiger partial charge in [-0.05, 0) is 51.2 Å². The van der Waals surface area contributed by atoms with Gasteiger partial charge in [-0.3, -0.25) is 14.4 Å². The number of aryl methyl sites for hydroxylation is 1. The van der Waals surface area contributed by atoms with Gasteiger partial charge in [-0.25, -0.2) is 0 Å². The van der Waals surface area contributed by atoms with Gasteiger partial charge in [0.1, 0.15) is 11.6 Å². The second-order valence-electron chi connectivity index (χ2n) is 11.3. The molecule has 0 aromatic heterocycles. The number of likely N-dealkylation sites (tertiary alicyclic amines) is 1. The van der Waals surface area contributed by atoms with Gasteiger partial charge >= 0.3 is 0 Å². The van der Waals surface area contributed by atoms with Crippen molar-refractivity contribution in [2.75, 3.05) is 31.1 Å². The van der Waals surface area contributed by atoms with Gasteiger partial charge in [0.15, 0.2) is 0 Å². The van der Waals surface area contributed by atoms with Crippen molar-refractivity contribution in [3.8, 4) is 0 Å². The lowest BCUT2D eigenvalue weighted by atomic mass is 9.64. The van der Waals surface area contributed by atoms with Crippen LogP contribution in [0.15, 0.2) is 43.5 Å². The molecule has 1 N–H and O–H groups in total. The molecule has 3 aliphatic heterocycles. The predicted octanol–water partition coefficient (Wildman–Crippen LogP) is 4.13. The van der Waals surface area contributed by atoms with Crippen LogP contribution >= 0.6 is 11.6 Å². The second kappa shape index (κ2) is 11.7. The summed E-state index contributed by atoms with van der Waals surface area (Å²) in [5, 5.41) is 10.6. The average Bonchev–Trinajstić information content (AvgIpc) is 3.54. The van der Waals surface area contributed by atoms with Crippen molar-refractivity contribution in [1.29, 1.82) is 0 Å². The second-order valence-corrected chi connectivity index (χ2v) is 11.7. The molecule has 3 fully saturated rings. The van der Waals surface area contributed by atoms with E-state index in [2.05, 4.69) is 13.2 Å². The zero-order valence-electron chi connectivity index (χ0n) is 24.1. The van der Waals surface area contributed by atoms with E-state index in [0.717, 1.165) is 12.0 Å². The van der Waals surface area contributed by atoms with Gasteiger partial charge in [0.25, 0.3) is 5.91 Å². The number of nitrogens with zero attached hydrogens (tertiary/aromatic N) is 3. The van der Waals surface area contributed by atoms with E-state index < -0.39 is 35.1 Å². The fourth-order valence-electron chi connectivity index (χ4n) is 7.32. The molecule has 2 unspecified atom stereocenters. The van der Waals surface area contributed by atoms with E-state index >= 15 is 0 Å². The van der Waals surface area contributed by atoms with Crippen molar-refractivity contribution in [1.82, 2.24) is 9.80 Å². The van der Waals surface area contributed by atoms with Crippen molar-refractivity contribution in [3.05, 3.63) is 54.1 Å². The van der Waals surface area contributed by atoms with E-state index in [-0.39, 0.29) is 30.9 Å². The van der Waals surface area contributed by atoms with Crippen LogP contribution in [-0.4, -0.2) is 82.2 Å². The molecule has 40 heavy (non-hydrogen) atoms. The van der Waals surface area contributed by atoms with Crippen LogP contribution in [0.4, 0.5) is 5.69 Å². The number of hydrogen-bond acceptors (Lipinski definition) is 5. The fourth-order valence-corrected chi connectivity index (χ4v) is 7.64. The van der Waals surface area contributed by atoms with Crippen molar-refractivity contribution in [2.24, 2.45) is 11.8 Å². The van der Waals surface area contributed by atoms with Gasteiger partial charge < -0.3 is 24.5 Å². The number of aliphatic hydroxyl groups excluding tert-OH is 1. The Balaban J connectivity index is 1.87. The summed E-state index contributed by atoms with van der Waals surface area (Å²) >= 11 is 6.62. The van der Waals surface area contributed by atoms with Crippen LogP contribution in [0.3, 0.4) is 0 Å². The highest BCUT2D eigenvalue weighted by Crippen LogP contribution is 2.65. The van der Waals surface area contributed by atoms with E-state index in [4.69, 9.17) is 16.3 Å². The standard InChI is InChI=1S/C31H42ClN3O5/c1-7-16-33(17-8-2)27(37)23-24-28(38)35(21(6)19-36)26(31(24)15-14-30(23,10-4)40-31)29(39)34(18-9-3)25-20(5)12-11-13-22(25)32/h7,9,11-13,21,23-24,26,36H,1,3,8,10,14-19H2,2,4-6H3/t21-,23+,24+,26?,30-,31?/m1/s1. The molecule has 0 radical (unpaired) electrons. The van der Waals surface area contributed by atoms with E-state index in [1.54, 1.807) is 34.9 Å². The topological polar surface area (TPSA) is 90.4 Å². The molecular weight excluding hydrogens is 530 g/mol. The summed E-state index contributed by atoms with van der Waals surface area (Å²) in [5.41, 5.74) is -0.698. The Morgan fingerprint density at radius 2 is 1.93 bits per heavy atom. The molecule has 1 aromatic rings. The molecular formula is C31H42ClN3O5. The van der Waals surface area contributed by atoms with Crippen LogP contribution in [0.5, 0.6) is 0 Å². The lowest BCUT2D eigenvalue weighted by Gasteiger charge is -2.39. The van der Waals surface area contributed by atoms with Crippen LogP contribution in [0.25, 0.3) is 0 Å². The first-order valence-corrected chi connectivity index (χ1v) is 14.7. The number of carbonyl (C=O) groups is 3. The van der Waals surface area contributed by atoms with Crippen LogP contribution in [0, 0.1) is 18.8 Å². The average molecular weight is 572 g/mol. The summed E-state index contributed by atoms with van der Waals surface area (Å²) in [6, 6.07) is 3.73. The maximum Gasteiger partial charge on any atom is 0.253 e. The molecule has 3 aliphatic rings. The first-order valence-electron chi connectivity index (χ1n) is 14.3. The molecule has 9 heteroatoms. The van der Waals surface area contributed by atoms with Crippen LogP contribution in [0.1, 0.15) is 52.0 Å². The van der Waals surface area contributed by atoms with E-state index in [1.165, 1.54) is 4.90 Å². The number of para-hydroxylation sites is 1. The molecule has 0 saturated carbocycles. The Morgan fingerprint density at radius 1 is 1.23 bits per heavy atom. The van der Waals surface area contributed by atoms with Crippen molar-refractivity contribution in [3.63, 3.8) is 0 Å². The molecule has 3 saturated heterocycles. The minimum Gasteiger partial charge on any atom is -0.394 e. The Morgan fingerprint density at radius 3 is 2.50 bits per heavy atom. The minimum atomic E-state index is -1.20. The van der Waals surface area contributed by atoms with Crippen LogP contribution in [-0.2, 0) is 19.1 Å². The number of anilines is 1. The molecule has 218 valence electrons. The number of carbonyl (C=O) groups excluding carboxylic acids is 3. The van der Waals surface area contributed by atoms with Gasteiger partial charge in [0.2, 0.25) is 11.8 Å². The third-order valence-electron chi connectivity index (χ3n) is 9.05. The minimum absolute atomic E-state index is 0.141. The predicted molar refractivity (Wildman–Crippen MR) is 156 cm³/mol. The highest BCUT2D eigenvalue weighted by molar-refractivity contribution is 6.34. The summed E-state index contributed by atoms with van der Waals surface area (Å²) in [7, 11) is 0. The SMILES string of the molecule is C=CCN(CCC)C(=O)[C@@H]1[C@H]2C(=O)N([C@H](C)CO)C(C(=O)N(CC=C)c3c(C)cccc3Cl)C23CC[C@@]1(CC)O3. The fraction of sp³-hybridized carbons (Fsp3) is 0.581. The van der Waals surface area contributed by atoms with Crippen molar-refractivity contribution < 1.29 is 24.2 Å². The van der Waals surface area contributed by atoms with Gasteiger partial charge in [-0.1, -0.05) is 49.7 Å². The number of amides is 3. The lowest BCUT2D eigenvalue weighted by Crippen LogP contribution is -2.58. The number of benzene rings is 1. The van der Waals surface area contributed by atoms with E-state index in [0.29, 0.717) is 43.1 Å². The number of hydrogen-bond donors (Lipinski definition) is 1. The van der Waals surface area contributed by atoms with E-state index in [1.807, 2.05) is 32.9 Å². The van der Waals surface area contributed by atoms with Gasteiger partial charge in [0, 0.05) is 19.6 Å². The number of halogens is 1. The number of ether oxygens (including phenoxy) is 1. The quantitative estimate of drug-likeness (QED) is 0.381.